The Bertz CT molecular complexity index is 1040. The molecule has 0 spiro atoms. The van der Waals surface area contributed by atoms with Crippen LogP contribution in [0.15, 0.2) is 120 Å². The largest absolute Gasteiger partial charge is 0.390 e. The number of allylic oxidation sites excluding steroid dienone is 1. The van der Waals surface area contributed by atoms with Gasteiger partial charge in [0, 0.05) is 0 Å². The number of hydrogen-bond donors (Lipinski definition) is 2. The van der Waals surface area contributed by atoms with E-state index < -0.39 is 0 Å². The van der Waals surface area contributed by atoms with Gasteiger partial charge < -0.3 is 4.84 Å². The minimum atomic E-state index is 0.324. The van der Waals surface area contributed by atoms with Crippen LogP contribution in [0.5, 0.6) is 0 Å². The van der Waals surface area contributed by atoms with Crippen molar-refractivity contribution in [2.75, 3.05) is 0 Å². The molecule has 0 atom stereocenters. The Morgan fingerprint density at radius 1 is 0.727 bits per heavy atom. The van der Waals surface area contributed by atoms with Gasteiger partial charge in [-0.25, -0.2) is 0 Å². The number of rotatable bonds is 13. The fourth-order valence-corrected chi connectivity index (χ4v) is 2.86. The van der Waals surface area contributed by atoms with Crippen LogP contribution in [0.2, 0.25) is 0 Å². The van der Waals surface area contributed by atoms with Crippen LogP contribution in [-0.4, -0.2) is 5.71 Å². The lowest BCUT2D eigenvalue weighted by atomic mass is 10.2. The molecule has 0 heterocycles. The molecule has 0 aliphatic rings. The molecule has 6 nitrogen and oxygen atoms in total. The molecule has 0 unspecified atom stereocenters. The highest BCUT2D eigenvalue weighted by Gasteiger charge is 2.13. The summed E-state index contributed by atoms with van der Waals surface area (Å²) in [5.41, 5.74) is 10.4. The van der Waals surface area contributed by atoms with Crippen molar-refractivity contribution in [1.29, 1.82) is 0 Å². The molecule has 3 rings (SSSR count). The van der Waals surface area contributed by atoms with Crippen molar-refractivity contribution >= 4 is 5.71 Å². The molecule has 0 radical (unpaired) electrons. The first-order chi connectivity index (χ1) is 16.3. The van der Waals surface area contributed by atoms with E-state index in [1.807, 2.05) is 104 Å². The smallest absolute Gasteiger partial charge is 0.152 e. The lowest BCUT2D eigenvalue weighted by Gasteiger charge is -2.16. The zero-order valence-corrected chi connectivity index (χ0v) is 18.7. The van der Waals surface area contributed by atoms with Crippen molar-refractivity contribution in [3.05, 3.63) is 132 Å². The summed E-state index contributed by atoms with van der Waals surface area (Å²) in [5.74, 6) is 0. The van der Waals surface area contributed by atoms with Gasteiger partial charge in [0.2, 0.25) is 0 Å². The number of hydrogen-bond acceptors (Lipinski definition) is 6. The van der Waals surface area contributed by atoms with E-state index in [-0.39, 0.29) is 0 Å². The van der Waals surface area contributed by atoms with Gasteiger partial charge in [-0.05, 0) is 23.6 Å². The highest BCUT2D eigenvalue weighted by Crippen LogP contribution is 2.09. The highest BCUT2D eigenvalue weighted by atomic mass is 16.7. The maximum absolute atomic E-state index is 5.68. The average Bonchev–Trinajstić information content (AvgIpc) is 2.87. The van der Waals surface area contributed by atoms with Crippen LogP contribution in [-0.2, 0) is 34.3 Å². The Kier molecular flexibility index (Phi) is 9.75. The third-order valence-electron chi connectivity index (χ3n) is 4.60. The normalized spacial score (nSPS) is 11.7. The second-order valence-corrected chi connectivity index (χ2v) is 7.13. The van der Waals surface area contributed by atoms with Crippen molar-refractivity contribution in [2.45, 2.75) is 26.7 Å². The summed E-state index contributed by atoms with van der Waals surface area (Å²) in [7, 11) is 0. The van der Waals surface area contributed by atoms with Gasteiger partial charge in [-0.15, -0.1) is 0 Å². The first-order valence-electron chi connectivity index (χ1n) is 10.7. The molecule has 0 saturated carbocycles. The molecule has 0 aliphatic carbocycles. The standard InChI is InChI=1S/C27H29N3O3/c1-3-26(29-32-20-24-15-9-5-10-16-24)27(30-33-21-25-17-11-6-12-18-25)22(2)28-31-19-23-13-7-4-8-14-23/h3-18,28-29H,2,19-21H2,1H3. The van der Waals surface area contributed by atoms with E-state index in [4.69, 9.17) is 14.5 Å². The van der Waals surface area contributed by atoms with Crippen molar-refractivity contribution in [1.82, 2.24) is 11.0 Å². The van der Waals surface area contributed by atoms with E-state index in [0.717, 1.165) is 16.7 Å². The molecule has 3 aromatic rings. The molecular formula is C27H29N3O3. The number of oxime groups is 1. The van der Waals surface area contributed by atoms with Gasteiger partial charge in [0.1, 0.15) is 6.61 Å². The van der Waals surface area contributed by atoms with Gasteiger partial charge in [0.25, 0.3) is 0 Å². The summed E-state index contributed by atoms with van der Waals surface area (Å²) in [5, 5.41) is 4.31. The Labute approximate surface area is 195 Å². The SMILES string of the molecule is C=C(NOCc1ccccc1)C(=NOCc1ccccc1)C(=CC)NOCc1ccccc1. The van der Waals surface area contributed by atoms with E-state index in [0.29, 0.717) is 36.9 Å². The third kappa shape index (κ3) is 8.29. The van der Waals surface area contributed by atoms with Crippen LogP contribution in [0.25, 0.3) is 0 Å². The maximum atomic E-state index is 5.68. The van der Waals surface area contributed by atoms with E-state index in [2.05, 4.69) is 22.7 Å². The third-order valence-corrected chi connectivity index (χ3v) is 4.60. The molecule has 0 fully saturated rings. The van der Waals surface area contributed by atoms with Gasteiger partial charge in [-0.1, -0.05) is 109 Å². The zero-order chi connectivity index (χ0) is 23.1. The molecule has 0 aromatic heterocycles. The second-order valence-electron chi connectivity index (χ2n) is 7.13. The number of nitrogens with zero attached hydrogens (tertiary/aromatic N) is 1. The lowest BCUT2D eigenvalue weighted by molar-refractivity contribution is 0.0476. The quantitative estimate of drug-likeness (QED) is 0.273. The summed E-state index contributed by atoms with van der Waals surface area (Å²) in [6.45, 7) is 7.03. The minimum absolute atomic E-state index is 0.324. The summed E-state index contributed by atoms with van der Waals surface area (Å²) < 4.78 is 0. The van der Waals surface area contributed by atoms with Gasteiger partial charge in [0.15, 0.2) is 5.71 Å². The molecule has 0 bridgehead atoms. The van der Waals surface area contributed by atoms with Crippen LogP contribution in [0, 0.1) is 0 Å². The van der Waals surface area contributed by atoms with Gasteiger partial charge >= 0.3 is 0 Å². The van der Waals surface area contributed by atoms with Crippen LogP contribution in [0.3, 0.4) is 0 Å². The monoisotopic (exact) mass is 443 g/mol. The molecule has 6 heteroatoms. The molecular weight excluding hydrogens is 414 g/mol. The number of hydroxylamine groups is 2. The summed E-state index contributed by atoms with van der Waals surface area (Å²) in [6, 6.07) is 29.6. The van der Waals surface area contributed by atoms with Gasteiger partial charge in [-0.2, -0.15) is 0 Å². The fraction of sp³-hybridized carbons (Fsp3) is 0.148. The minimum Gasteiger partial charge on any atom is -0.390 e. The average molecular weight is 444 g/mol. The molecule has 33 heavy (non-hydrogen) atoms. The summed E-state index contributed by atoms with van der Waals surface area (Å²) in [4.78, 5) is 16.9. The van der Waals surface area contributed by atoms with Gasteiger partial charge in [0.05, 0.1) is 24.6 Å². The van der Waals surface area contributed by atoms with E-state index in [1.54, 1.807) is 0 Å². The molecule has 0 aliphatic heterocycles. The van der Waals surface area contributed by atoms with Crippen molar-refractivity contribution < 1.29 is 14.5 Å². The molecule has 170 valence electrons. The van der Waals surface area contributed by atoms with Crippen LogP contribution >= 0.6 is 0 Å². The molecule has 0 saturated heterocycles. The summed E-state index contributed by atoms with van der Waals surface area (Å²) >= 11 is 0. The topological polar surface area (TPSA) is 64.1 Å². The van der Waals surface area contributed by atoms with E-state index in [1.165, 1.54) is 0 Å². The second kappa shape index (κ2) is 13.5. The molecule has 2 N–H and O–H groups in total. The Hall–Kier alpha value is -3.87. The zero-order valence-electron chi connectivity index (χ0n) is 18.7. The molecule has 0 amide bonds. The number of benzene rings is 3. The van der Waals surface area contributed by atoms with Crippen molar-refractivity contribution in [3.63, 3.8) is 0 Å². The highest BCUT2D eigenvalue weighted by molar-refractivity contribution is 6.10. The Morgan fingerprint density at radius 3 is 1.67 bits per heavy atom. The maximum Gasteiger partial charge on any atom is 0.152 e. The Morgan fingerprint density at radius 2 is 1.18 bits per heavy atom. The van der Waals surface area contributed by atoms with Crippen LogP contribution in [0.1, 0.15) is 23.6 Å². The first kappa shape index (κ1) is 23.8. The molecule has 3 aromatic carbocycles. The summed E-state index contributed by atoms with van der Waals surface area (Å²) in [6.07, 6.45) is 1.83. The Balaban J connectivity index is 1.63. The van der Waals surface area contributed by atoms with Crippen molar-refractivity contribution in [2.24, 2.45) is 5.16 Å². The fourth-order valence-electron chi connectivity index (χ4n) is 2.86. The first-order valence-corrected chi connectivity index (χ1v) is 10.7. The predicted molar refractivity (Wildman–Crippen MR) is 130 cm³/mol. The number of nitrogens with one attached hydrogen (secondary N) is 2. The van der Waals surface area contributed by atoms with Crippen molar-refractivity contribution in [3.8, 4) is 0 Å². The van der Waals surface area contributed by atoms with Crippen LogP contribution in [0.4, 0.5) is 0 Å². The van der Waals surface area contributed by atoms with Gasteiger partial charge in [-0.3, -0.25) is 20.6 Å². The predicted octanol–water partition coefficient (Wildman–Crippen LogP) is 5.42. The van der Waals surface area contributed by atoms with E-state index in [9.17, 15) is 0 Å². The van der Waals surface area contributed by atoms with E-state index >= 15 is 0 Å². The lowest BCUT2D eigenvalue weighted by Crippen LogP contribution is -2.28. The van der Waals surface area contributed by atoms with Crippen LogP contribution < -0.4 is 11.0 Å².